The highest BCUT2D eigenvalue weighted by molar-refractivity contribution is 5.89. The monoisotopic (exact) mass is 290 g/mol. The number of hydrogen-bond acceptors (Lipinski definition) is 4. The third-order valence-electron chi connectivity index (χ3n) is 4.03. The molecule has 1 aromatic rings. The summed E-state index contributed by atoms with van der Waals surface area (Å²) in [6.07, 6.45) is 3.81. The molecule has 0 unspecified atom stereocenters. The normalized spacial score (nSPS) is 19.4. The summed E-state index contributed by atoms with van der Waals surface area (Å²) in [6.45, 7) is 6.45. The molecule has 0 radical (unpaired) electrons. The fourth-order valence-corrected chi connectivity index (χ4v) is 2.80. The van der Waals surface area contributed by atoms with Crippen LogP contribution in [0.3, 0.4) is 0 Å². The Kier molecular flexibility index (Phi) is 6.21. The zero-order valence-corrected chi connectivity index (χ0v) is 13.1. The van der Waals surface area contributed by atoms with Gasteiger partial charge < -0.3 is 10.1 Å². The van der Waals surface area contributed by atoms with E-state index < -0.39 is 0 Å². The predicted octanol–water partition coefficient (Wildman–Crippen LogP) is 2.44. The van der Waals surface area contributed by atoms with Crippen LogP contribution in [0.25, 0.3) is 0 Å². The van der Waals surface area contributed by atoms with E-state index in [1.807, 2.05) is 24.3 Å². The maximum Gasteiger partial charge on any atom is 0.337 e. The van der Waals surface area contributed by atoms with Crippen molar-refractivity contribution in [3.63, 3.8) is 0 Å². The lowest BCUT2D eigenvalue weighted by Gasteiger charge is -2.33. The number of methoxy groups -OCH3 is 1. The van der Waals surface area contributed by atoms with Crippen LogP contribution in [-0.2, 0) is 11.3 Å². The SMILES string of the molecule is CCCC[C@H]1CN(Cc2ccc(C(=O)OC)cc2)CCN1. The van der Waals surface area contributed by atoms with Crippen LogP contribution in [0.15, 0.2) is 24.3 Å². The Bertz CT molecular complexity index is 445. The second-order valence-corrected chi connectivity index (χ2v) is 5.72. The molecule has 0 aromatic heterocycles. The molecule has 1 aromatic carbocycles. The number of esters is 1. The zero-order valence-electron chi connectivity index (χ0n) is 13.1. The fourth-order valence-electron chi connectivity index (χ4n) is 2.80. The summed E-state index contributed by atoms with van der Waals surface area (Å²) < 4.78 is 4.72. The quantitative estimate of drug-likeness (QED) is 0.817. The molecule has 0 aliphatic carbocycles. The predicted molar refractivity (Wildman–Crippen MR) is 84.4 cm³/mol. The molecule has 1 aliphatic heterocycles. The first-order chi connectivity index (χ1) is 10.2. The highest BCUT2D eigenvalue weighted by atomic mass is 16.5. The van der Waals surface area contributed by atoms with E-state index in [0.29, 0.717) is 11.6 Å². The third kappa shape index (κ3) is 4.83. The van der Waals surface area contributed by atoms with Crippen molar-refractivity contribution in [2.45, 2.75) is 38.8 Å². The van der Waals surface area contributed by atoms with Gasteiger partial charge in [-0.25, -0.2) is 4.79 Å². The summed E-state index contributed by atoms with van der Waals surface area (Å²) in [5.41, 5.74) is 1.86. The van der Waals surface area contributed by atoms with E-state index in [0.717, 1.165) is 26.2 Å². The van der Waals surface area contributed by atoms with E-state index in [9.17, 15) is 4.79 Å². The Balaban J connectivity index is 1.87. The van der Waals surface area contributed by atoms with E-state index in [1.54, 1.807) is 0 Å². The Morgan fingerprint density at radius 3 is 2.81 bits per heavy atom. The van der Waals surface area contributed by atoms with E-state index in [4.69, 9.17) is 4.74 Å². The molecular formula is C17H26N2O2. The molecule has 21 heavy (non-hydrogen) atoms. The molecule has 0 saturated carbocycles. The van der Waals surface area contributed by atoms with Gasteiger partial charge in [-0.2, -0.15) is 0 Å². The Labute approximate surface area is 127 Å². The molecule has 0 bridgehead atoms. The Morgan fingerprint density at radius 1 is 1.38 bits per heavy atom. The van der Waals surface area contributed by atoms with Crippen molar-refractivity contribution in [1.29, 1.82) is 0 Å². The fraction of sp³-hybridized carbons (Fsp3) is 0.588. The summed E-state index contributed by atoms with van der Waals surface area (Å²) in [6, 6.07) is 8.36. The van der Waals surface area contributed by atoms with E-state index in [-0.39, 0.29) is 5.97 Å². The number of carbonyl (C=O) groups is 1. The lowest BCUT2D eigenvalue weighted by molar-refractivity contribution is 0.0600. The first kappa shape index (κ1) is 16.0. The van der Waals surface area contributed by atoms with Gasteiger partial charge in [-0.1, -0.05) is 31.9 Å². The minimum atomic E-state index is -0.275. The summed E-state index contributed by atoms with van der Waals surface area (Å²) in [4.78, 5) is 13.9. The van der Waals surface area contributed by atoms with Gasteiger partial charge in [-0.3, -0.25) is 4.90 Å². The molecule has 116 valence electrons. The number of benzene rings is 1. The molecule has 0 amide bonds. The number of nitrogens with one attached hydrogen (secondary N) is 1. The highest BCUT2D eigenvalue weighted by Gasteiger charge is 2.18. The highest BCUT2D eigenvalue weighted by Crippen LogP contribution is 2.12. The molecule has 1 saturated heterocycles. The van der Waals surface area contributed by atoms with Crippen LogP contribution in [0.1, 0.15) is 42.1 Å². The Morgan fingerprint density at radius 2 is 2.14 bits per heavy atom. The lowest BCUT2D eigenvalue weighted by atomic mass is 10.1. The van der Waals surface area contributed by atoms with Crippen LogP contribution in [0, 0.1) is 0 Å². The van der Waals surface area contributed by atoms with Crippen LogP contribution in [0.5, 0.6) is 0 Å². The number of piperazine rings is 1. The number of carbonyl (C=O) groups excluding carboxylic acids is 1. The standard InChI is InChI=1S/C17H26N2O2/c1-3-4-5-16-13-19(11-10-18-16)12-14-6-8-15(9-7-14)17(20)21-2/h6-9,16,18H,3-5,10-13H2,1-2H3/t16-/m0/s1. The smallest absolute Gasteiger partial charge is 0.337 e. The number of rotatable bonds is 6. The topological polar surface area (TPSA) is 41.6 Å². The molecule has 1 heterocycles. The molecule has 1 fully saturated rings. The minimum Gasteiger partial charge on any atom is -0.465 e. The maximum absolute atomic E-state index is 11.4. The molecule has 1 N–H and O–H groups in total. The van der Waals surface area contributed by atoms with Crippen molar-refractivity contribution >= 4 is 5.97 Å². The second kappa shape index (κ2) is 8.15. The first-order valence-electron chi connectivity index (χ1n) is 7.86. The number of ether oxygens (including phenoxy) is 1. The molecule has 2 rings (SSSR count). The summed E-state index contributed by atoms with van der Waals surface area (Å²) in [5.74, 6) is -0.275. The van der Waals surface area contributed by atoms with E-state index in [2.05, 4.69) is 17.1 Å². The van der Waals surface area contributed by atoms with Crippen LogP contribution >= 0.6 is 0 Å². The number of hydrogen-bond donors (Lipinski definition) is 1. The van der Waals surface area contributed by atoms with Gasteiger partial charge >= 0.3 is 5.97 Å². The summed E-state index contributed by atoms with van der Waals surface area (Å²) >= 11 is 0. The second-order valence-electron chi connectivity index (χ2n) is 5.72. The molecule has 1 atom stereocenters. The molecular weight excluding hydrogens is 264 g/mol. The van der Waals surface area contributed by atoms with E-state index >= 15 is 0 Å². The molecule has 4 heteroatoms. The van der Waals surface area contributed by atoms with Gasteiger partial charge in [0.05, 0.1) is 12.7 Å². The van der Waals surface area contributed by atoms with Gasteiger partial charge in [0.1, 0.15) is 0 Å². The minimum absolute atomic E-state index is 0.275. The van der Waals surface area contributed by atoms with Crippen LogP contribution < -0.4 is 5.32 Å². The Hall–Kier alpha value is -1.39. The van der Waals surface area contributed by atoms with Gasteiger partial charge in [0, 0.05) is 32.2 Å². The first-order valence-corrected chi connectivity index (χ1v) is 7.86. The third-order valence-corrected chi connectivity index (χ3v) is 4.03. The summed E-state index contributed by atoms with van der Waals surface area (Å²) in [5, 5.41) is 3.60. The average Bonchev–Trinajstić information content (AvgIpc) is 2.53. The molecule has 4 nitrogen and oxygen atoms in total. The van der Waals surface area contributed by atoms with Crippen molar-refractivity contribution in [3.05, 3.63) is 35.4 Å². The van der Waals surface area contributed by atoms with Gasteiger partial charge in [-0.05, 0) is 24.1 Å². The number of nitrogens with zero attached hydrogens (tertiary/aromatic N) is 1. The average molecular weight is 290 g/mol. The largest absolute Gasteiger partial charge is 0.465 e. The lowest BCUT2D eigenvalue weighted by Crippen LogP contribution is -2.50. The maximum atomic E-state index is 11.4. The van der Waals surface area contributed by atoms with Crippen LogP contribution in [0.4, 0.5) is 0 Å². The molecule has 0 spiro atoms. The zero-order chi connectivity index (χ0) is 15.1. The molecule has 1 aliphatic rings. The van der Waals surface area contributed by atoms with Crippen molar-refractivity contribution in [1.82, 2.24) is 10.2 Å². The van der Waals surface area contributed by atoms with Gasteiger partial charge in [-0.15, -0.1) is 0 Å². The van der Waals surface area contributed by atoms with E-state index in [1.165, 1.54) is 31.9 Å². The van der Waals surface area contributed by atoms with Crippen LogP contribution in [0.2, 0.25) is 0 Å². The van der Waals surface area contributed by atoms with Gasteiger partial charge in [0.2, 0.25) is 0 Å². The van der Waals surface area contributed by atoms with Crippen LogP contribution in [-0.4, -0.2) is 43.7 Å². The summed E-state index contributed by atoms with van der Waals surface area (Å²) in [7, 11) is 1.41. The van der Waals surface area contributed by atoms with Crippen molar-refractivity contribution in [2.24, 2.45) is 0 Å². The van der Waals surface area contributed by atoms with Gasteiger partial charge in [0.15, 0.2) is 0 Å². The number of unbranched alkanes of at least 4 members (excludes halogenated alkanes) is 1. The van der Waals surface area contributed by atoms with Crippen molar-refractivity contribution < 1.29 is 9.53 Å². The van der Waals surface area contributed by atoms with Gasteiger partial charge in [0.25, 0.3) is 0 Å². The van der Waals surface area contributed by atoms with Crippen molar-refractivity contribution in [3.8, 4) is 0 Å². The van der Waals surface area contributed by atoms with Crippen molar-refractivity contribution in [2.75, 3.05) is 26.7 Å².